The second-order valence-corrected chi connectivity index (χ2v) is 7.21. The highest BCUT2D eigenvalue weighted by atomic mass is 32.2. The van der Waals surface area contributed by atoms with Crippen LogP contribution in [0.2, 0.25) is 0 Å². The topological polar surface area (TPSA) is 97.6 Å². The van der Waals surface area contributed by atoms with Gasteiger partial charge in [0.25, 0.3) is 0 Å². The SMILES string of the molecule is COCCCNC(=O)/C=C/c1ccc(S(=O)(=O)NCc2ccco2)cc1. The summed E-state index contributed by atoms with van der Waals surface area (Å²) < 4.78 is 36.9. The van der Waals surface area contributed by atoms with E-state index in [1.54, 1.807) is 37.5 Å². The third kappa shape index (κ3) is 6.47. The number of methoxy groups -OCH3 is 1. The first-order valence-corrected chi connectivity index (χ1v) is 9.56. The van der Waals surface area contributed by atoms with Crippen LogP contribution >= 0.6 is 0 Å². The van der Waals surface area contributed by atoms with Crippen LogP contribution < -0.4 is 10.0 Å². The van der Waals surface area contributed by atoms with Crippen LogP contribution in [0.5, 0.6) is 0 Å². The fourth-order valence-corrected chi connectivity index (χ4v) is 3.07. The van der Waals surface area contributed by atoms with E-state index in [0.29, 0.717) is 18.9 Å². The monoisotopic (exact) mass is 378 g/mol. The van der Waals surface area contributed by atoms with Crippen LogP contribution in [0.3, 0.4) is 0 Å². The molecule has 0 aliphatic heterocycles. The van der Waals surface area contributed by atoms with Crippen molar-refractivity contribution in [2.45, 2.75) is 17.9 Å². The number of furan rings is 1. The van der Waals surface area contributed by atoms with Crippen LogP contribution in [0.25, 0.3) is 6.08 Å². The van der Waals surface area contributed by atoms with E-state index >= 15 is 0 Å². The zero-order valence-corrected chi connectivity index (χ0v) is 15.3. The summed E-state index contributed by atoms with van der Waals surface area (Å²) in [6, 6.07) is 9.63. The molecule has 1 amide bonds. The van der Waals surface area contributed by atoms with E-state index in [1.807, 2.05) is 0 Å². The molecule has 8 heteroatoms. The quantitative estimate of drug-likeness (QED) is 0.486. The summed E-state index contributed by atoms with van der Waals surface area (Å²) in [4.78, 5) is 11.8. The van der Waals surface area contributed by atoms with Gasteiger partial charge in [-0.05, 0) is 42.3 Å². The lowest BCUT2D eigenvalue weighted by molar-refractivity contribution is -0.116. The van der Waals surface area contributed by atoms with E-state index in [9.17, 15) is 13.2 Å². The molecule has 1 heterocycles. The molecule has 0 atom stereocenters. The van der Waals surface area contributed by atoms with Gasteiger partial charge in [0.2, 0.25) is 15.9 Å². The standard InChI is InChI=1S/C18H22N2O5S/c1-24-12-3-11-19-18(21)10-7-15-5-8-17(9-6-15)26(22,23)20-14-16-4-2-13-25-16/h2,4-10,13,20H,3,11-12,14H2,1H3,(H,19,21)/b10-7+. The Morgan fingerprint density at radius 1 is 1.23 bits per heavy atom. The lowest BCUT2D eigenvalue weighted by Gasteiger charge is -2.05. The Labute approximate surface area is 153 Å². The first-order chi connectivity index (χ1) is 12.5. The lowest BCUT2D eigenvalue weighted by atomic mass is 10.2. The fraction of sp³-hybridized carbons (Fsp3) is 0.278. The van der Waals surface area contributed by atoms with Crippen LogP contribution in [0.4, 0.5) is 0 Å². The molecular weight excluding hydrogens is 356 g/mol. The Hall–Kier alpha value is -2.42. The predicted octanol–water partition coefficient (Wildman–Crippen LogP) is 1.92. The van der Waals surface area contributed by atoms with E-state index < -0.39 is 10.0 Å². The number of carbonyl (C=O) groups is 1. The van der Waals surface area contributed by atoms with E-state index in [-0.39, 0.29) is 17.3 Å². The molecule has 0 saturated heterocycles. The molecule has 2 aromatic rings. The molecule has 0 spiro atoms. The fourth-order valence-electron chi connectivity index (χ4n) is 2.08. The van der Waals surface area contributed by atoms with Gasteiger partial charge in [0.15, 0.2) is 0 Å². The summed E-state index contributed by atoms with van der Waals surface area (Å²) in [5.41, 5.74) is 0.724. The van der Waals surface area contributed by atoms with Crippen molar-refractivity contribution in [2.24, 2.45) is 0 Å². The van der Waals surface area contributed by atoms with Crippen molar-refractivity contribution >= 4 is 22.0 Å². The van der Waals surface area contributed by atoms with Gasteiger partial charge in [-0.2, -0.15) is 0 Å². The molecule has 140 valence electrons. The molecule has 7 nitrogen and oxygen atoms in total. The van der Waals surface area contributed by atoms with Gasteiger partial charge >= 0.3 is 0 Å². The van der Waals surface area contributed by atoms with Crippen molar-refractivity contribution in [1.29, 1.82) is 0 Å². The van der Waals surface area contributed by atoms with Gasteiger partial charge in [-0.25, -0.2) is 13.1 Å². The number of rotatable bonds is 10. The van der Waals surface area contributed by atoms with Crippen molar-refractivity contribution in [2.75, 3.05) is 20.3 Å². The van der Waals surface area contributed by atoms with Gasteiger partial charge in [0, 0.05) is 26.3 Å². The van der Waals surface area contributed by atoms with Crippen LogP contribution in [0.15, 0.2) is 58.1 Å². The minimum atomic E-state index is -3.63. The number of benzene rings is 1. The molecule has 26 heavy (non-hydrogen) atoms. The number of nitrogens with one attached hydrogen (secondary N) is 2. The number of amides is 1. The summed E-state index contributed by atoms with van der Waals surface area (Å²) >= 11 is 0. The van der Waals surface area contributed by atoms with Crippen molar-refractivity contribution in [3.05, 3.63) is 60.1 Å². The molecular formula is C18H22N2O5S. The second-order valence-electron chi connectivity index (χ2n) is 5.44. The Balaban J connectivity index is 1.88. The smallest absolute Gasteiger partial charge is 0.244 e. The first kappa shape index (κ1) is 19.9. The minimum Gasteiger partial charge on any atom is -0.468 e. The number of hydrogen-bond acceptors (Lipinski definition) is 5. The molecule has 0 radical (unpaired) electrons. The summed E-state index contributed by atoms with van der Waals surface area (Å²) in [6.45, 7) is 1.21. The van der Waals surface area contributed by atoms with Crippen molar-refractivity contribution in [1.82, 2.24) is 10.0 Å². The van der Waals surface area contributed by atoms with E-state index in [0.717, 1.165) is 12.0 Å². The molecule has 2 N–H and O–H groups in total. The molecule has 0 aliphatic rings. The number of ether oxygens (including phenoxy) is 1. The average molecular weight is 378 g/mol. The molecule has 1 aromatic heterocycles. The van der Waals surface area contributed by atoms with Gasteiger partial charge in [0.05, 0.1) is 17.7 Å². The van der Waals surface area contributed by atoms with Gasteiger partial charge in [-0.3, -0.25) is 4.79 Å². The molecule has 1 aromatic carbocycles. The summed E-state index contributed by atoms with van der Waals surface area (Å²) in [5, 5.41) is 2.73. The van der Waals surface area contributed by atoms with Crippen LogP contribution in [-0.2, 0) is 26.1 Å². The Morgan fingerprint density at radius 2 is 2.00 bits per heavy atom. The van der Waals surface area contributed by atoms with Crippen LogP contribution in [-0.4, -0.2) is 34.6 Å². The number of hydrogen-bond donors (Lipinski definition) is 2. The molecule has 0 unspecified atom stereocenters. The largest absolute Gasteiger partial charge is 0.468 e. The van der Waals surface area contributed by atoms with Gasteiger partial charge in [-0.15, -0.1) is 0 Å². The highest BCUT2D eigenvalue weighted by Crippen LogP contribution is 2.12. The Morgan fingerprint density at radius 3 is 2.65 bits per heavy atom. The number of carbonyl (C=O) groups excluding carboxylic acids is 1. The molecule has 0 aliphatic carbocycles. The van der Waals surface area contributed by atoms with Gasteiger partial charge in [-0.1, -0.05) is 12.1 Å². The maximum absolute atomic E-state index is 12.2. The van der Waals surface area contributed by atoms with E-state index in [1.165, 1.54) is 24.5 Å². The third-order valence-corrected chi connectivity index (χ3v) is 4.88. The molecule has 0 saturated carbocycles. The maximum atomic E-state index is 12.2. The highest BCUT2D eigenvalue weighted by Gasteiger charge is 2.13. The summed E-state index contributed by atoms with van der Waals surface area (Å²) in [6.07, 6.45) is 5.26. The van der Waals surface area contributed by atoms with E-state index in [4.69, 9.17) is 9.15 Å². The zero-order valence-electron chi connectivity index (χ0n) is 14.5. The third-order valence-electron chi connectivity index (χ3n) is 3.46. The Bertz CT molecular complexity index is 812. The summed E-state index contributed by atoms with van der Waals surface area (Å²) in [7, 11) is -2.02. The van der Waals surface area contributed by atoms with Gasteiger partial charge in [0.1, 0.15) is 5.76 Å². The van der Waals surface area contributed by atoms with Gasteiger partial charge < -0.3 is 14.5 Å². The highest BCUT2D eigenvalue weighted by molar-refractivity contribution is 7.89. The summed E-state index contributed by atoms with van der Waals surface area (Å²) in [5.74, 6) is 0.322. The molecule has 0 fully saturated rings. The van der Waals surface area contributed by atoms with Crippen LogP contribution in [0.1, 0.15) is 17.7 Å². The zero-order chi connectivity index (χ0) is 18.8. The molecule has 2 rings (SSSR count). The van der Waals surface area contributed by atoms with Crippen molar-refractivity contribution < 1.29 is 22.4 Å². The Kier molecular flexibility index (Phi) is 7.58. The van der Waals surface area contributed by atoms with Crippen molar-refractivity contribution in [3.8, 4) is 0 Å². The first-order valence-electron chi connectivity index (χ1n) is 8.08. The van der Waals surface area contributed by atoms with E-state index in [2.05, 4.69) is 10.0 Å². The average Bonchev–Trinajstić information content (AvgIpc) is 3.16. The normalized spacial score (nSPS) is 11.7. The maximum Gasteiger partial charge on any atom is 0.244 e. The van der Waals surface area contributed by atoms with Crippen LogP contribution in [0, 0.1) is 0 Å². The predicted molar refractivity (Wildman–Crippen MR) is 97.7 cm³/mol. The molecule has 0 bridgehead atoms. The second kappa shape index (κ2) is 9.91. The lowest BCUT2D eigenvalue weighted by Crippen LogP contribution is -2.23. The van der Waals surface area contributed by atoms with Crippen molar-refractivity contribution in [3.63, 3.8) is 0 Å². The number of sulfonamides is 1. The minimum absolute atomic E-state index is 0.0836.